The van der Waals surface area contributed by atoms with Crippen molar-refractivity contribution in [2.24, 2.45) is 23.3 Å². The summed E-state index contributed by atoms with van der Waals surface area (Å²) in [5.74, 6) is -5.42. The number of thioether (sulfide) groups is 1. The van der Waals surface area contributed by atoms with Crippen LogP contribution in [0.2, 0.25) is 0 Å². The van der Waals surface area contributed by atoms with E-state index in [1.54, 1.807) is 6.92 Å². The molecule has 0 aliphatic carbocycles. The molecule has 0 saturated carbocycles. The van der Waals surface area contributed by atoms with E-state index in [2.05, 4.69) is 26.6 Å². The molecule has 0 fully saturated rings. The van der Waals surface area contributed by atoms with Gasteiger partial charge in [-0.15, -0.1) is 0 Å². The summed E-state index contributed by atoms with van der Waals surface area (Å²) in [4.78, 5) is 90.1. The van der Waals surface area contributed by atoms with Crippen LogP contribution in [0.5, 0.6) is 0 Å². The van der Waals surface area contributed by atoms with Gasteiger partial charge in [-0.25, -0.2) is 4.79 Å². The molecule has 16 nitrogen and oxygen atoms in total. The van der Waals surface area contributed by atoms with E-state index in [1.807, 2.05) is 34.0 Å². The summed E-state index contributed by atoms with van der Waals surface area (Å²) in [7, 11) is 0. The molecule has 0 radical (unpaired) electrons. The number of nitrogens with one attached hydrogen (secondary N) is 5. The van der Waals surface area contributed by atoms with E-state index in [0.29, 0.717) is 38.0 Å². The third-order valence-electron chi connectivity index (χ3n) is 8.67. The average Bonchev–Trinajstić information content (AvgIpc) is 3.08. The molecule has 52 heavy (non-hydrogen) atoms. The first-order chi connectivity index (χ1) is 24.5. The highest BCUT2D eigenvalue weighted by atomic mass is 32.2. The Morgan fingerprint density at radius 2 is 1.17 bits per heavy atom. The monoisotopic (exact) mass is 759 g/mol. The highest BCUT2D eigenvalue weighted by Gasteiger charge is 2.34. The maximum Gasteiger partial charge on any atom is 0.326 e. The van der Waals surface area contributed by atoms with E-state index in [9.17, 15) is 38.7 Å². The quantitative estimate of drug-likeness (QED) is 0.0488. The highest BCUT2D eigenvalue weighted by molar-refractivity contribution is 7.98. The molecule has 300 valence electrons. The van der Waals surface area contributed by atoms with E-state index < -0.39 is 77.7 Å². The molecule has 0 rings (SSSR count). The lowest BCUT2D eigenvalue weighted by Gasteiger charge is -2.29. The maximum atomic E-state index is 13.8. The van der Waals surface area contributed by atoms with Crippen LogP contribution in [0.3, 0.4) is 0 Å². The Bertz CT molecular complexity index is 1140. The Balaban J connectivity index is 6.22. The van der Waals surface area contributed by atoms with Gasteiger partial charge >= 0.3 is 11.9 Å². The zero-order valence-electron chi connectivity index (χ0n) is 31.8. The van der Waals surface area contributed by atoms with Gasteiger partial charge < -0.3 is 48.3 Å². The predicted octanol–water partition coefficient (Wildman–Crippen LogP) is 1.24. The highest BCUT2D eigenvalue weighted by Crippen LogP contribution is 2.13. The van der Waals surface area contributed by atoms with Crippen molar-refractivity contribution in [2.75, 3.05) is 18.6 Å². The third kappa shape index (κ3) is 20.0. The van der Waals surface area contributed by atoms with Crippen LogP contribution in [-0.2, 0) is 33.6 Å². The summed E-state index contributed by atoms with van der Waals surface area (Å²) >= 11 is 1.45. The predicted molar refractivity (Wildman–Crippen MR) is 201 cm³/mol. The van der Waals surface area contributed by atoms with Crippen molar-refractivity contribution in [3.8, 4) is 0 Å². The number of amides is 5. The van der Waals surface area contributed by atoms with Gasteiger partial charge in [-0.2, -0.15) is 11.8 Å². The van der Waals surface area contributed by atoms with E-state index >= 15 is 0 Å². The number of nitrogens with two attached hydrogens (primary N) is 2. The standard InChI is InChI=1S/C35H65N7O9S/c1-7-9-10-13-24(32(47)41-27(20-21(3)4)33(48)40-26(35(50)51)17-19-52-6)38-31(46)25(14-11-12-18-36)39-34(49)29(22(5)8-2)42-30(45)23(37)15-16-28(43)44/h21-27,29H,7-20,36-37H2,1-6H3,(H,38,46)(H,39,49)(H,40,48)(H,41,47)(H,42,45)(H,43,44)(H,50,51). The number of rotatable bonds is 29. The zero-order valence-corrected chi connectivity index (χ0v) is 32.6. The molecule has 11 N–H and O–H groups in total. The van der Waals surface area contributed by atoms with Crippen molar-refractivity contribution >= 4 is 53.2 Å². The molecule has 0 spiro atoms. The SMILES string of the molecule is CCCCCC(NC(=O)C(CCCCN)NC(=O)C(NC(=O)C(N)CCC(=O)O)C(C)CC)C(=O)NC(CC(C)C)C(=O)NC(CCSC)C(=O)O. The van der Waals surface area contributed by atoms with Gasteiger partial charge in [-0.05, 0) is 75.3 Å². The van der Waals surface area contributed by atoms with Crippen LogP contribution < -0.4 is 38.1 Å². The number of hydrogen-bond acceptors (Lipinski definition) is 10. The minimum atomic E-state index is -1.18. The number of carbonyl (C=O) groups is 7. The second kappa shape index (κ2) is 27.2. The van der Waals surface area contributed by atoms with Crippen LogP contribution in [0.1, 0.15) is 112 Å². The molecule has 0 heterocycles. The first kappa shape index (κ1) is 48.6. The van der Waals surface area contributed by atoms with Crippen LogP contribution in [0.25, 0.3) is 0 Å². The molecule has 0 aromatic carbocycles. The summed E-state index contributed by atoms with van der Waals surface area (Å²) in [5.41, 5.74) is 11.6. The second-order valence-electron chi connectivity index (χ2n) is 13.7. The summed E-state index contributed by atoms with van der Waals surface area (Å²) in [5, 5.41) is 32.0. The molecular weight excluding hydrogens is 694 g/mol. The van der Waals surface area contributed by atoms with E-state index in [0.717, 1.165) is 12.8 Å². The number of aliphatic carboxylic acids is 2. The summed E-state index contributed by atoms with van der Waals surface area (Å²) in [6.07, 6.45) is 5.95. The fourth-order valence-electron chi connectivity index (χ4n) is 5.28. The van der Waals surface area contributed by atoms with Crippen LogP contribution in [-0.4, -0.2) is 106 Å². The van der Waals surface area contributed by atoms with Gasteiger partial charge in [-0.3, -0.25) is 28.8 Å². The molecule has 0 aliphatic rings. The Morgan fingerprint density at radius 1 is 0.654 bits per heavy atom. The molecule has 0 bridgehead atoms. The lowest BCUT2D eigenvalue weighted by molar-refractivity contribution is -0.142. The Kier molecular flexibility index (Phi) is 25.4. The number of hydrogen-bond donors (Lipinski definition) is 9. The molecule has 17 heteroatoms. The van der Waals surface area contributed by atoms with E-state index in [-0.39, 0.29) is 50.4 Å². The Labute approximate surface area is 312 Å². The van der Waals surface area contributed by atoms with Gasteiger partial charge in [0, 0.05) is 6.42 Å². The molecule has 5 amide bonds. The largest absolute Gasteiger partial charge is 0.481 e. The van der Waals surface area contributed by atoms with Crippen LogP contribution >= 0.6 is 11.8 Å². The van der Waals surface area contributed by atoms with Crippen molar-refractivity contribution in [2.45, 2.75) is 148 Å². The summed E-state index contributed by atoms with van der Waals surface area (Å²) in [6.45, 7) is 9.64. The third-order valence-corrected chi connectivity index (χ3v) is 9.32. The zero-order chi connectivity index (χ0) is 39.8. The molecule has 0 saturated heterocycles. The van der Waals surface area contributed by atoms with Crippen molar-refractivity contribution < 1.29 is 43.8 Å². The smallest absolute Gasteiger partial charge is 0.326 e. The van der Waals surface area contributed by atoms with Gasteiger partial charge in [0.05, 0.1) is 6.04 Å². The van der Waals surface area contributed by atoms with Crippen molar-refractivity contribution in [3.05, 3.63) is 0 Å². The van der Waals surface area contributed by atoms with E-state index in [1.165, 1.54) is 11.8 Å². The van der Waals surface area contributed by atoms with Crippen LogP contribution in [0.4, 0.5) is 0 Å². The van der Waals surface area contributed by atoms with Gasteiger partial charge in [0.1, 0.15) is 30.2 Å². The minimum absolute atomic E-state index is 0.0357. The van der Waals surface area contributed by atoms with Crippen molar-refractivity contribution in [1.29, 1.82) is 0 Å². The number of carbonyl (C=O) groups excluding carboxylic acids is 5. The number of carboxylic acid groups (broad SMARTS) is 2. The maximum absolute atomic E-state index is 13.8. The second-order valence-corrected chi connectivity index (χ2v) is 14.7. The van der Waals surface area contributed by atoms with Gasteiger partial charge in [0.15, 0.2) is 0 Å². The van der Waals surface area contributed by atoms with E-state index in [4.69, 9.17) is 16.6 Å². The molecule has 7 unspecified atom stereocenters. The van der Waals surface area contributed by atoms with Gasteiger partial charge in [0.25, 0.3) is 0 Å². The first-order valence-corrected chi connectivity index (χ1v) is 19.8. The molecule has 0 aromatic heterocycles. The van der Waals surface area contributed by atoms with Crippen molar-refractivity contribution in [1.82, 2.24) is 26.6 Å². The average molecular weight is 760 g/mol. The normalized spacial score (nSPS) is 15.2. The molecule has 0 aliphatic heterocycles. The topological polar surface area (TPSA) is 272 Å². The number of unbranched alkanes of at least 4 members (excludes halogenated alkanes) is 3. The molecule has 0 aromatic rings. The van der Waals surface area contributed by atoms with Gasteiger partial charge in [0.2, 0.25) is 29.5 Å². The Hall–Kier alpha value is -3.44. The summed E-state index contributed by atoms with van der Waals surface area (Å²) in [6, 6.07) is -6.60. The van der Waals surface area contributed by atoms with Crippen molar-refractivity contribution in [3.63, 3.8) is 0 Å². The summed E-state index contributed by atoms with van der Waals surface area (Å²) < 4.78 is 0. The fourth-order valence-corrected chi connectivity index (χ4v) is 5.75. The number of carboxylic acids is 2. The van der Waals surface area contributed by atoms with Gasteiger partial charge in [-0.1, -0.05) is 60.3 Å². The lowest BCUT2D eigenvalue weighted by Crippen LogP contribution is -2.60. The molecule has 7 atom stereocenters. The van der Waals surface area contributed by atoms with Crippen LogP contribution in [0.15, 0.2) is 0 Å². The fraction of sp³-hybridized carbons (Fsp3) is 0.800. The minimum Gasteiger partial charge on any atom is -0.481 e. The molecular formula is C35H65N7O9S. The first-order valence-electron chi connectivity index (χ1n) is 18.4. The van der Waals surface area contributed by atoms with Crippen LogP contribution in [0, 0.1) is 11.8 Å². The lowest BCUT2D eigenvalue weighted by atomic mass is 9.96. The Morgan fingerprint density at radius 3 is 1.65 bits per heavy atom.